The predicted octanol–water partition coefficient (Wildman–Crippen LogP) is 3.64. The van der Waals surface area contributed by atoms with E-state index in [-0.39, 0.29) is 0 Å². The van der Waals surface area contributed by atoms with Gasteiger partial charge in [0.15, 0.2) is 0 Å². The maximum Gasteiger partial charge on any atom is 0.0551 e. The standard InChI is InChI=1S/C17H25NO/c1-12-10-16(11-19-12)17(18-2)15-8-6-14(7-9-15)13-4-3-5-13/h6-9,12-13,16-18H,3-5,10-11H2,1-2H3. The zero-order valence-corrected chi connectivity index (χ0v) is 12.1. The van der Waals surface area contributed by atoms with Crippen molar-refractivity contribution in [3.8, 4) is 0 Å². The van der Waals surface area contributed by atoms with Gasteiger partial charge in [-0.3, -0.25) is 0 Å². The molecule has 2 nitrogen and oxygen atoms in total. The first kappa shape index (κ1) is 13.1. The van der Waals surface area contributed by atoms with Crippen LogP contribution >= 0.6 is 0 Å². The third-order valence-electron chi connectivity index (χ3n) is 4.88. The summed E-state index contributed by atoms with van der Waals surface area (Å²) in [6.45, 7) is 3.06. The summed E-state index contributed by atoms with van der Waals surface area (Å²) in [7, 11) is 2.06. The van der Waals surface area contributed by atoms with Crippen molar-refractivity contribution in [2.45, 2.75) is 50.7 Å². The van der Waals surface area contributed by atoms with E-state index in [1.54, 1.807) is 0 Å². The Morgan fingerprint density at radius 2 is 1.95 bits per heavy atom. The molecule has 0 aromatic heterocycles. The maximum atomic E-state index is 5.72. The fourth-order valence-corrected chi connectivity index (χ4v) is 3.47. The van der Waals surface area contributed by atoms with Gasteiger partial charge in [-0.1, -0.05) is 30.7 Å². The van der Waals surface area contributed by atoms with E-state index >= 15 is 0 Å². The molecular formula is C17H25NO. The van der Waals surface area contributed by atoms with Crippen LogP contribution in [0, 0.1) is 5.92 Å². The first-order valence-electron chi connectivity index (χ1n) is 7.66. The Balaban J connectivity index is 1.71. The summed E-state index contributed by atoms with van der Waals surface area (Å²) in [5, 5.41) is 3.48. The van der Waals surface area contributed by atoms with Gasteiger partial charge in [0.1, 0.15) is 0 Å². The SMILES string of the molecule is CNC(c1ccc(C2CCC2)cc1)C1COC(C)C1. The molecule has 19 heavy (non-hydrogen) atoms. The number of hydrogen-bond acceptors (Lipinski definition) is 2. The van der Waals surface area contributed by atoms with Crippen molar-refractivity contribution < 1.29 is 4.74 Å². The van der Waals surface area contributed by atoms with Crippen molar-refractivity contribution in [3.05, 3.63) is 35.4 Å². The van der Waals surface area contributed by atoms with E-state index in [0.717, 1.165) is 18.9 Å². The maximum absolute atomic E-state index is 5.72. The summed E-state index contributed by atoms with van der Waals surface area (Å²) in [5.41, 5.74) is 2.94. The molecule has 0 amide bonds. The van der Waals surface area contributed by atoms with Gasteiger partial charge in [0.2, 0.25) is 0 Å². The van der Waals surface area contributed by atoms with Crippen LogP contribution in [0.15, 0.2) is 24.3 Å². The van der Waals surface area contributed by atoms with Crippen molar-refractivity contribution in [2.24, 2.45) is 5.92 Å². The molecule has 104 valence electrons. The quantitative estimate of drug-likeness (QED) is 0.891. The summed E-state index contributed by atoms with van der Waals surface area (Å²) in [6, 6.07) is 9.74. The minimum atomic E-state index is 0.412. The molecule has 0 radical (unpaired) electrons. The van der Waals surface area contributed by atoms with E-state index in [4.69, 9.17) is 4.74 Å². The van der Waals surface area contributed by atoms with Gasteiger partial charge >= 0.3 is 0 Å². The minimum Gasteiger partial charge on any atom is -0.378 e. The molecule has 1 aliphatic carbocycles. The molecule has 0 bridgehead atoms. The summed E-state index contributed by atoms with van der Waals surface area (Å²) >= 11 is 0. The lowest BCUT2D eigenvalue weighted by atomic mass is 9.79. The fraction of sp³-hybridized carbons (Fsp3) is 0.647. The zero-order chi connectivity index (χ0) is 13.2. The van der Waals surface area contributed by atoms with Crippen molar-refractivity contribution >= 4 is 0 Å². The average molecular weight is 259 g/mol. The highest BCUT2D eigenvalue weighted by atomic mass is 16.5. The van der Waals surface area contributed by atoms with Crippen LogP contribution in [0.5, 0.6) is 0 Å². The van der Waals surface area contributed by atoms with E-state index in [0.29, 0.717) is 18.1 Å². The van der Waals surface area contributed by atoms with Gasteiger partial charge < -0.3 is 10.1 Å². The number of rotatable bonds is 4. The van der Waals surface area contributed by atoms with Crippen LogP contribution in [0.25, 0.3) is 0 Å². The van der Waals surface area contributed by atoms with E-state index in [1.807, 2.05) is 0 Å². The van der Waals surface area contributed by atoms with E-state index in [1.165, 1.54) is 30.4 Å². The first-order valence-corrected chi connectivity index (χ1v) is 7.66. The van der Waals surface area contributed by atoms with Gasteiger partial charge in [-0.25, -0.2) is 0 Å². The molecule has 3 unspecified atom stereocenters. The van der Waals surface area contributed by atoms with Gasteiger partial charge in [0.25, 0.3) is 0 Å². The fourth-order valence-electron chi connectivity index (χ4n) is 3.47. The average Bonchev–Trinajstić information content (AvgIpc) is 2.77. The third-order valence-corrected chi connectivity index (χ3v) is 4.88. The number of benzene rings is 1. The van der Waals surface area contributed by atoms with E-state index in [9.17, 15) is 0 Å². The van der Waals surface area contributed by atoms with E-state index in [2.05, 4.69) is 43.6 Å². The first-order chi connectivity index (χ1) is 9.28. The molecule has 2 heteroatoms. The number of nitrogens with one attached hydrogen (secondary N) is 1. The lowest BCUT2D eigenvalue weighted by Gasteiger charge is -2.27. The van der Waals surface area contributed by atoms with E-state index < -0.39 is 0 Å². The van der Waals surface area contributed by atoms with Crippen LogP contribution in [-0.2, 0) is 4.74 Å². The summed E-state index contributed by atoms with van der Waals surface area (Å²) in [5.74, 6) is 1.44. The molecule has 1 aromatic rings. The Morgan fingerprint density at radius 3 is 2.42 bits per heavy atom. The zero-order valence-electron chi connectivity index (χ0n) is 12.1. The monoisotopic (exact) mass is 259 g/mol. The molecule has 1 aliphatic heterocycles. The highest BCUT2D eigenvalue weighted by Crippen LogP contribution is 2.37. The molecule has 1 aromatic carbocycles. The molecule has 1 heterocycles. The Kier molecular flexibility index (Phi) is 3.90. The second kappa shape index (κ2) is 5.64. The predicted molar refractivity (Wildman–Crippen MR) is 78.4 cm³/mol. The lowest BCUT2D eigenvalue weighted by molar-refractivity contribution is 0.117. The van der Waals surface area contributed by atoms with Gasteiger partial charge in [0.05, 0.1) is 12.7 Å². The lowest BCUT2D eigenvalue weighted by Crippen LogP contribution is -2.25. The smallest absolute Gasteiger partial charge is 0.0551 e. The molecule has 3 rings (SSSR count). The van der Waals surface area contributed by atoms with Crippen molar-refractivity contribution in [1.82, 2.24) is 5.32 Å². The van der Waals surface area contributed by atoms with Gasteiger partial charge in [0, 0.05) is 12.0 Å². The summed E-state index contributed by atoms with van der Waals surface area (Å²) in [6.07, 6.45) is 5.74. The molecular weight excluding hydrogens is 234 g/mol. The second-order valence-corrected chi connectivity index (χ2v) is 6.20. The largest absolute Gasteiger partial charge is 0.378 e. The second-order valence-electron chi connectivity index (χ2n) is 6.20. The van der Waals surface area contributed by atoms with Crippen LogP contribution in [-0.4, -0.2) is 19.8 Å². The van der Waals surface area contributed by atoms with Crippen LogP contribution in [0.4, 0.5) is 0 Å². The van der Waals surface area contributed by atoms with Crippen molar-refractivity contribution in [2.75, 3.05) is 13.7 Å². The summed E-state index contributed by atoms with van der Waals surface area (Å²) in [4.78, 5) is 0. The molecule has 2 aliphatic rings. The molecule has 1 N–H and O–H groups in total. The number of ether oxygens (including phenoxy) is 1. The van der Waals surface area contributed by atoms with Crippen LogP contribution in [0.1, 0.15) is 55.7 Å². The highest BCUT2D eigenvalue weighted by molar-refractivity contribution is 5.29. The topological polar surface area (TPSA) is 21.3 Å². The minimum absolute atomic E-state index is 0.412. The van der Waals surface area contributed by atoms with Crippen LogP contribution in [0.3, 0.4) is 0 Å². The van der Waals surface area contributed by atoms with Crippen LogP contribution in [0.2, 0.25) is 0 Å². The normalized spacial score (nSPS) is 29.2. The molecule has 1 saturated heterocycles. The highest BCUT2D eigenvalue weighted by Gasteiger charge is 2.29. The Hall–Kier alpha value is -0.860. The van der Waals surface area contributed by atoms with Gasteiger partial charge in [-0.2, -0.15) is 0 Å². The molecule has 1 saturated carbocycles. The Labute approximate surface area is 116 Å². The van der Waals surface area contributed by atoms with Crippen molar-refractivity contribution in [3.63, 3.8) is 0 Å². The molecule has 0 spiro atoms. The third kappa shape index (κ3) is 2.70. The Bertz CT molecular complexity index is 410. The van der Waals surface area contributed by atoms with Gasteiger partial charge in [-0.05, 0) is 50.3 Å². The Morgan fingerprint density at radius 1 is 1.21 bits per heavy atom. The molecule has 3 atom stereocenters. The van der Waals surface area contributed by atoms with Gasteiger partial charge in [-0.15, -0.1) is 0 Å². The number of hydrogen-bond donors (Lipinski definition) is 1. The van der Waals surface area contributed by atoms with Crippen molar-refractivity contribution in [1.29, 1.82) is 0 Å². The summed E-state index contributed by atoms with van der Waals surface area (Å²) < 4.78 is 5.72. The molecule has 2 fully saturated rings. The van der Waals surface area contributed by atoms with Crippen LogP contribution < -0.4 is 5.32 Å².